The highest BCUT2D eigenvalue weighted by Crippen LogP contribution is 2.08. The van der Waals surface area contributed by atoms with Crippen LogP contribution in [0.1, 0.15) is 11.1 Å². The lowest BCUT2D eigenvalue weighted by molar-refractivity contribution is 0.873. The van der Waals surface area contributed by atoms with E-state index in [2.05, 4.69) is 28.8 Å². The lowest BCUT2D eigenvalue weighted by Gasteiger charge is -2.10. The van der Waals surface area contributed by atoms with Gasteiger partial charge >= 0.3 is 0 Å². The van der Waals surface area contributed by atoms with Crippen molar-refractivity contribution in [3.05, 3.63) is 65.7 Å². The van der Waals surface area contributed by atoms with Crippen LogP contribution in [0.5, 0.6) is 0 Å². The van der Waals surface area contributed by atoms with Gasteiger partial charge in [0.05, 0.1) is 11.6 Å². The molecule has 4 heteroatoms. The number of anilines is 1. The molecule has 2 aromatic rings. The van der Waals surface area contributed by atoms with Gasteiger partial charge in [0.1, 0.15) is 0 Å². The van der Waals surface area contributed by atoms with Crippen LogP contribution in [0.2, 0.25) is 0 Å². The molecular formula is C16H15N3S. The Morgan fingerprint density at radius 2 is 1.75 bits per heavy atom. The fourth-order valence-electron chi connectivity index (χ4n) is 1.77. The Bertz CT molecular complexity index is 600. The monoisotopic (exact) mass is 281 g/mol. The van der Waals surface area contributed by atoms with Gasteiger partial charge in [0.2, 0.25) is 0 Å². The largest absolute Gasteiger partial charge is 0.362 e. The predicted octanol–water partition coefficient (Wildman–Crippen LogP) is 3.09. The van der Waals surface area contributed by atoms with Gasteiger partial charge in [-0.25, -0.2) is 0 Å². The van der Waals surface area contributed by atoms with Crippen molar-refractivity contribution in [1.82, 2.24) is 5.32 Å². The quantitative estimate of drug-likeness (QED) is 0.846. The van der Waals surface area contributed by atoms with Crippen molar-refractivity contribution >= 4 is 23.0 Å². The topological polar surface area (TPSA) is 47.9 Å². The predicted molar refractivity (Wildman–Crippen MR) is 85.5 cm³/mol. The third kappa shape index (κ3) is 4.38. The maximum Gasteiger partial charge on any atom is 0.170 e. The summed E-state index contributed by atoms with van der Waals surface area (Å²) in [4.78, 5) is 0. The maximum absolute atomic E-state index is 8.73. The zero-order valence-corrected chi connectivity index (χ0v) is 11.8. The van der Waals surface area contributed by atoms with Crippen molar-refractivity contribution in [3.8, 4) is 6.07 Å². The van der Waals surface area contributed by atoms with E-state index in [1.54, 1.807) is 12.1 Å². The fourth-order valence-corrected chi connectivity index (χ4v) is 1.99. The van der Waals surface area contributed by atoms with Crippen LogP contribution in [0.15, 0.2) is 54.6 Å². The second-order valence-electron chi connectivity index (χ2n) is 4.31. The highest BCUT2D eigenvalue weighted by molar-refractivity contribution is 7.80. The number of rotatable bonds is 4. The summed E-state index contributed by atoms with van der Waals surface area (Å²) in [6.07, 6.45) is 0.927. The minimum absolute atomic E-state index is 0.589. The van der Waals surface area contributed by atoms with E-state index in [0.29, 0.717) is 10.7 Å². The third-order valence-electron chi connectivity index (χ3n) is 2.81. The summed E-state index contributed by atoms with van der Waals surface area (Å²) < 4.78 is 0. The van der Waals surface area contributed by atoms with Crippen LogP contribution in [-0.2, 0) is 6.42 Å². The standard InChI is InChI=1S/C16H15N3S/c17-12-14-6-8-15(9-7-14)19-16(20)18-11-10-13-4-2-1-3-5-13/h1-9H,10-11H2,(H2,18,19,20). The summed E-state index contributed by atoms with van der Waals surface area (Å²) in [6, 6.07) is 19.5. The molecule has 0 amide bonds. The van der Waals surface area contributed by atoms with Gasteiger partial charge in [-0.15, -0.1) is 0 Å². The van der Waals surface area contributed by atoms with E-state index in [4.69, 9.17) is 17.5 Å². The van der Waals surface area contributed by atoms with Gasteiger partial charge in [-0.3, -0.25) is 0 Å². The highest BCUT2D eigenvalue weighted by Gasteiger charge is 1.98. The Hall–Kier alpha value is -2.38. The van der Waals surface area contributed by atoms with Crippen molar-refractivity contribution in [1.29, 1.82) is 5.26 Å². The Labute approximate surface area is 124 Å². The number of nitrogens with zero attached hydrogens (tertiary/aromatic N) is 1. The Morgan fingerprint density at radius 1 is 1.05 bits per heavy atom. The van der Waals surface area contributed by atoms with E-state index in [1.165, 1.54) is 5.56 Å². The van der Waals surface area contributed by atoms with Crippen molar-refractivity contribution in [2.24, 2.45) is 0 Å². The SMILES string of the molecule is N#Cc1ccc(NC(=S)NCCc2ccccc2)cc1. The molecule has 100 valence electrons. The van der Waals surface area contributed by atoms with Crippen molar-refractivity contribution in [2.75, 3.05) is 11.9 Å². The molecule has 0 atom stereocenters. The van der Waals surface area contributed by atoms with Crippen LogP contribution in [0.3, 0.4) is 0 Å². The van der Waals surface area contributed by atoms with Crippen LogP contribution < -0.4 is 10.6 Å². The summed E-state index contributed by atoms with van der Waals surface area (Å²) in [5.74, 6) is 0. The molecular weight excluding hydrogens is 266 g/mol. The molecule has 0 bridgehead atoms. The number of hydrogen-bond acceptors (Lipinski definition) is 2. The second kappa shape index (κ2) is 7.27. The van der Waals surface area contributed by atoms with Gasteiger partial charge in [0.15, 0.2) is 5.11 Å². The van der Waals surface area contributed by atoms with E-state index in [0.717, 1.165) is 18.7 Å². The summed E-state index contributed by atoms with van der Waals surface area (Å²) in [6.45, 7) is 0.784. The van der Waals surface area contributed by atoms with Gasteiger partial charge in [0, 0.05) is 12.2 Å². The van der Waals surface area contributed by atoms with Gasteiger partial charge < -0.3 is 10.6 Å². The number of nitrogens with one attached hydrogen (secondary N) is 2. The van der Waals surface area contributed by atoms with Gasteiger partial charge in [-0.05, 0) is 48.5 Å². The molecule has 0 spiro atoms. The molecule has 2 rings (SSSR count). The molecule has 0 radical (unpaired) electrons. The normalized spacial score (nSPS) is 9.55. The van der Waals surface area contributed by atoms with E-state index >= 15 is 0 Å². The first kappa shape index (κ1) is 14.0. The Kier molecular flexibility index (Phi) is 5.10. The first-order valence-electron chi connectivity index (χ1n) is 6.37. The van der Waals surface area contributed by atoms with E-state index in [-0.39, 0.29) is 0 Å². The van der Waals surface area contributed by atoms with Crippen molar-refractivity contribution in [2.45, 2.75) is 6.42 Å². The van der Waals surface area contributed by atoms with Crippen LogP contribution in [0.25, 0.3) is 0 Å². The molecule has 0 saturated heterocycles. The second-order valence-corrected chi connectivity index (χ2v) is 4.71. The number of benzene rings is 2. The van der Waals surface area contributed by atoms with Crippen LogP contribution >= 0.6 is 12.2 Å². The van der Waals surface area contributed by atoms with Crippen molar-refractivity contribution in [3.63, 3.8) is 0 Å². The zero-order valence-electron chi connectivity index (χ0n) is 11.0. The Morgan fingerprint density at radius 3 is 2.40 bits per heavy atom. The number of thiocarbonyl (C=S) groups is 1. The zero-order chi connectivity index (χ0) is 14.2. The van der Waals surface area contributed by atoms with Gasteiger partial charge in [0.25, 0.3) is 0 Å². The molecule has 2 aromatic carbocycles. The average Bonchev–Trinajstić information content (AvgIpc) is 2.49. The third-order valence-corrected chi connectivity index (χ3v) is 3.06. The van der Waals surface area contributed by atoms with Crippen molar-refractivity contribution < 1.29 is 0 Å². The fraction of sp³-hybridized carbons (Fsp3) is 0.125. The molecule has 3 nitrogen and oxygen atoms in total. The molecule has 0 fully saturated rings. The maximum atomic E-state index is 8.73. The molecule has 0 aliphatic heterocycles. The lowest BCUT2D eigenvalue weighted by atomic mass is 10.1. The molecule has 2 N–H and O–H groups in total. The minimum atomic E-state index is 0.589. The molecule has 0 saturated carbocycles. The van der Waals surface area contributed by atoms with E-state index < -0.39 is 0 Å². The number of hydrogen-bond donors (Lipinski definition) is 2. The summed E-state index contributed by atoms with van der Waals surface area (Å²) in [5, 5.41) is 15.6. The van der Waals surface area contributed by atoms with Crippen LogP contribution in [-0.4, -0.2) is 11.7 Å². The minimum Gasteiger partial charge on any atom is -0.362 e. The molecule has 0 aliphatic carbocycles. The first-order valence-corrected chi connectivity index (χ1v) is 6.78. The van der Waals surface area contributed by atoms with E-state index in [1.807, 2.05) is 30.3 Å². The van der Waals surface area contributed by atoms with E-state index in [9.17, 15) is 0 Å². The van der Waals surface area contributed by atoms with Crippen LogP contribution in [0.4, 0.5) is 5.69 Å². The average molecular weight is 281 g/mol. The summed E-state index contributed by atoms with van der Waals surface area (Å²) in [7, 11) is 0. The molecule has 0 unspecified atom stereocenters. The summed E-state index contributed by atoms with van der Waals surface area (Å²) >= 11 is 5.23. The smallest absolute Gasteiger partial charge is 0.170 e. The summed E-state index contributed by atoms with van der Waals surface area (Å²) in [5.41, 5.74) is 2.79. The van der Waals surface area contributed by atoms with Gasteiger partial charge in [-0.1, -0.05) is 30.3 Å². The highest BCUT2D eigenvalue weighted by atomic mass is 32.1. The van der Waals surface area contributed by atoms with Gasteiger partial charge in [-0.2, -0.15) is 5.26 Å². The van der Waals surface area contributed by atoms with Crippen LogP contribution in [0, 0.1) is 11.3 Å². The molecule has 20 heavy (non-hydrogen) atoms. The molecule has 0 aliphatic rings. The number of nitriles is 1. The first-order chi connectivity index (χ1) is 9.78. The lowest BCUT2D eigenvalue weighted by Crippen LogP contribution is -2.30. The molecule has 0 heterocycles. The molecule has 0 aromatic heterocycles. The Balaban J connectivity index is 1.76.